The van der Waals surface area contributed by atoms with Gasteiger partial charge in [-0.05, 0) is 19.1 Å². The molecule has 0 saturated carbocycles. The van der Waals surface area contributed by atoms with Gasteiger partial charge in [-0.3, -0.25) is 0 Å². The van der Waals surface area contributed by atoms with Crippen LogP contribution in [0.2, 0.25) is 0 Å². The Morgan fingerprint density at radius 3 is 2.85 bits per heavy atom. The van der Waals surface area contributed by atoms with Crippen molar-refractivity contribution in [2.75, 3.05) is 7.05 Å². The first kappa shape index (κ1) is 9.31. The van der Waals surface area contributed by atoms with Crippen LogP contribution in [-0.4, -0.2) is 28.8 Å². The Morgan fingerprint density at radius 2 is 2.38 bits per heavy atom. The third kappa shape index (κ3) is 2.33. The Morgan fingerprint density at radius 1 is 1.69 bits per heavy atom. The molecule has 1 aromatic rings. The lowest BCUT2D eigenvalue weighted by Gasteiger charge is -2.07. The van der Waals surface area contributed by atoms with Crippen LogP contribution in [0.3, 0.4) is 0 Å². The molecule has 1 heterocycles. The minimum Gasteiger partial charge on any atom is -0.360 e. The molecule has 3 N–H and O–H groups in total. The first-order chi connectivity index (χ1) is 6.11. The number of carbonyl (C=O) groups excluding carboxylic acids is 1. The SMILES string of the molecule is C/C(=N/N(C)C(N)=O)c1ccc[nH]1. The molecule has 0 atom stereocenters. The highest BCUT2D eigenvalue weighted by atomic mass is 16.2. The van der Waals surface area contributed by atoms with Crippen LogP contribution in [-0.2, 0) is 0 Å². The number of aromatic nitrogens is 1. The quantitative estimate of drug-likeness (QED) is 0.511. The Hall–Kier alpha value is -1.78. The standard InChI is InChI=1S/C8H12N4O/c1-6(7-4-3-5-10-7)11-12(2)8(9)13/h3-5,10H,1-2H3,(H2,9,13)/b11-6-. The highest BCUT2D eigenvalue weighted by molar-refractivity contribution is 5.97. The van der Waals surface area contributed by atoms with Crippen LogP contribution in [0.5, 0.6) is 0 Å². The number of hydrazone groups is 1. The highest BCUT2D eigenvalue weighted by Crippen LogP contribution is 1.98. The molecule has 70 valence electrons. The Labute approximate surface area is 76.2 Å². The summed E-state index contributed by atoms with van der Waals surface area (Å²) in [4.78, 5) is 13.6. The summed E-state index contributed by atoms with van der Waals surface area (Å²) in [7, 11) is 1.51. The maximum absolute atomic E-state index is 10.6. The molecule has 0 spiro atoms. The Bertz CT molecular complexity index is 315. The van der Waals surface area contributed by atoms with Gasteiger partial charge in [0.15, 0.2) is 0 Å². The van der Waals surface area contributed by atoms with E-state index in [-0.39, 0.29) is 0 Å². The molecule has 0 aliphatic heterocycles. The normalized spacial score (nSPS) is 11.4. The number of aromatic amines is 1. The molecule has 0 aliphatic rings. The summed E-state index contributed by atoms with van der Waals surface area (Å²) in [6.45, 7) is 1.80. The number of nitrogens with zero attached hydrogens (tertiary/aromatic N) is 2. The van der Waals surface area contributed by atoms with Crippen molar-refractivity contribution >= 4 is 11.7 Å². The zero-order valence-corrected chi connectivity index (χ0v) is 7.61. The molecule has 0 aromatic carbocycles. The van der Waals surface area contributed by atoms with Crippen molar-refractivity contribution in [2.24, 2.45) is 10.8 Å². The molecule has 5 heteroatoms. The molecule has 2 amide bonds. The highest BCUT2D eigenvalue weighted by Gasteiger charge is 2.02. The van der Waals surface area contributed by atoms with Crippen molar-refractivity contribution in [1.82, 2.24) is 9.99 Å². The number of nitrogens with one attached hydrogen (secondary N) is 1. The van der Waals surface area contributed by atoms with E-state index in [0.29, 0.717) is 5.71 Å². The average Bonchev–Trinajstić information content (AvgIpc) is 2.55. The Balaban J connectivity index is 2.78. The van der Waals surface area contributed by atoms with Crippen LogP contribution in [0, 0.1) is 0 Å². The van der Waals surface area contributed by atoms with Gasteiger partial charge in [-0.15, -0.1) is 0 Å². The van der Waals surface area contributed by atoms with Gasteiger partial charge in [-0.25, -0.2) is 9.80 Å². The Kier molecular flexibility index (Phi) is 2.69. The number of urea groups is 1. The number of amides is 2. The summed E-state index contributed by atoms with van der Waals surface area (Å²) in [5, 5.41) is 5.06. The second-order valence-electron chi connectivity index (χ2n) is 2.63. The van der Waals surface area contributed by atoms with Crippen molar-refractivity contribution in [3.05, 3.63) is 24.0 Å². The molecular weight excluding hydrogens is 168 g/mol. The van der Waals surface area contributed by atoms with E-state index in [9.17, 15) is 4.79 Å². The lowest BCUT2D eigenvalue weighted by atomic mass is 10.3. The molecule has 1 aromatic heterocycles. The predicted molar refractivity (Wildman–Crippen MR) is 50.4 cm³/mol. The first-order valence-corrected chi connectivity index (χ1v) is 3.83. The zero-order valence-electron chi connectivity index (χ0n) is 7.61. The first-order valence-electron chi connectivity index (χ1n) is 3.83. The monoisotopic (exact) mass is 180 g/mol. The molecule has 0 fully saturated rings. The van der Waals surface area contributed by atoms with Crippen molar-refractivity contribution in [3.63, 3.8) is 0 Å². The lowest BCUT2D eigenvalue weighted by Crippen LogP contribution is -2.28. The number of hydrogen-bond acceptors (Lipinski definition) is 2. The summed E-state index contributed by atoms with van der Waals surface area (Å²) < 4.78 is 0. The van der Waals surface area contributed by atoms with E-state index in [1.807, 2.05) is 12.1 Å². The number of rotatable bonds is 2. The summed E-state index contributed by atoms with van der Waals surface area (Å²) >= 11 is 0. The molecule has 0 radical (unpaired) electrons. The molecule has 0 saturated heterocycles. The van der Waals surface area contributed by atoms with E-state index in [4.69, 9.17) is 5.73 Å². The van der Waals surface area contributed by atoms with Gasteiger partial charge < -0.3 is 10.7 Å². The fraction of sp³-hybridized carbons (Fsp3) is 0.250. The maximum atomic E-state index is 10.6. The lowest BCUT2D eigenvalue weighted by molar-refractivity contribution is 0.220. The van der Waals surface area contributed by atoms with E-state index in [1.165, 1.54) is 7.05 Å². The molecule has 0 unspecified atom stereocenters. The van der Waals surface area contributed by atoms with E-state index < -0.39 is 6.03 Å². The van der Waals surface area contributed by atoms with Crippen LogP contribution in [0.25, 0.3) is 0 Å². The molecule has 1 rings (SSSR count). The van der Waals surface area contributed by atoms with Crippen LogP contribution < -0.4 is 5.73 Å². The second-order valence-corrected chi connectivity index (χ2v) is 2.63. The smallest absolute Gasteiger partial charge is 0.334 e. The molecular formula is C8H12N4O. The van der Waals surface area contributed by atoms with Crippen LogP contribution in [0.1, 0.15) is 12.6 Å². The van der Waals surface area contributed by atoms with Crippen molar-refractivity contribution < 1.29 is 4.79 Å². The second kappa shape index (κ2) is 3.75. The fourth-order valence-corrected chi connectivity index (χ4v) is 0.884. The molecule has 0 aliphatic carbocycles. The number of nitrogens with two attached hydrogens (primary N) is 1. The minimum absolute atomic E-state index is 0.578. The third-order valence-electron chi connectivity index (χ3n) is 1.61. The fourth-order valence-electron chi connectivity index (χ4n) is 0.884. The van der Waals surface area contributed by atoms with Gasteiger partial charge in [0.1, 0.15) is 0 Å². The molecule has 5 nitrogen and oxygen atoms in total. The van der Waals surface area contributed by atoms with Gasteiger partial charge >= 0.3 is 6.03 Å². The average molecular weight is 180 g/mol. The minimum atomic E-state index is -0.578. The number of H-pyrrole nitrogens is 1. The summed E-state index contributed by atoms with van der Waals surface area (Å²) in [6.07, 6.45) is 1.79. The summed E-state index contributed by atoms with van der Waals surface area (Å²) in [5.74, 6) is 0. The predicted octanol–water partition coefficient (Wildman–Crippen LogP) is 0.749. The van der Waals surface area contributed by atoms with Crippen molar-refractivity contribution in [3.8, 4) is 0 Å². The number of primary amides is 1. The van der Waals surface area contributed by atoms with Crippen LogP contribution in [0.15, 0.2) is 23.4 Å². The van der Waals surface area contributed by atoms with E-state index in [2.05, 4.69) is 10.1 Å². The van der Waals surface area contributed by atoms with Gasteiger partial charge in [0.2, 0.25) is 0 Å². The van der Waals surface area contributed by atoms with Gasteiger partial charge in [0.05, 0.1) is 11.4 Å². The van der Waals surface area contributed by atoms with Crippen molar-refractivity contribution in [2.45, 2.75) is 6.92 Å². The summed E-state index contributed by atoms with van der Waals surface area (Å²) in [5.41, 5.74) is 6.59. The number of hydrogen-bond donors (Lipinski definition) is 2. The van der Waals surface area contributed by atoms with Gasteiger partial charge in [0, 0.05) is 13.2 Å². The number of carbonyl (C=O) groups is 1. The van der Waals surface area contributed by atoms with E-state index in [1.54, 1.807) is 13.1 Å². The van der Waals surface area contributed by atoms with Crippen LogP contribution >= 0.6 is 0 Å². The molecule has 0 bridgehead atoms. The van der Waals surface area contributed by atoms with E-state index in [0.717, 1.165) is 10.7 Å². The molecule has 13 heavy (non-hydrogen) atoms. The van der Waals surface area contributed by atoms with Gasteiger partial charge in [-0.2, -0.15) is 5.10 Å². The maximum Gasteiger partial charge on any atom is 0.334 e. The van der Waals surface area contributed by atoms with Gasteiger partial charge in [-0.1, -0.05) is 0 Å². The summed E-state index contributed by atoms with van der Waals surface area (Å²) in [6, 6.07) is 3.15. The van der Waals surface area contributed by atoms with Gasteiger partial charge in [0.25, 0.3) is 0 Å². The topological polar surface area (TPSA) is 74.5 Å². The van der Waals surface area contributed by atoms with Crippen molar-refractivity contribution in [1.29, 1.82) is 0 Å². The third-order valence-corrected chi connectivity index (χ3v) is 1.61. The largest absolute Gasteiger partial charge is 0.360 e. The van der Waals surface area contributed by atoms with E-state index >= 15 is 0 Å². The van der Waals surface area contributed by atoms with Crippen LogP contribution in [0.4, 0.5) is 4.79 Å². The zero-order chi connectivity index (χ0) is 9.84.